The predicted molar refractivity (Wildman–Crippen MR) is 59.7 cm³/mol. The van der Waals surface area contributed by atoms with Gasteiger partial charge in [-0.05, 0) is 30.7 Å². The van der Waals surface area contributed by atoms with Gasteiger partial charge in [-0.2, -0.15) is 0 Å². The Labute approximate surface area is 93.0 Å². The molecule has 1 rings (SSSR count). The molecule has 0 saturated heterocycles. The van der Waals surface area contributed by atoms with Crippen LogP contribution in [0.5, 0.6) is 0 Å². The number of aliphatic hydroxyl groups is 1. The van der Waals surface area contributed by atoms with Crippen molar-refractivity contribution >= 4 is 5.69 Å². The lowest BCUT2D eigenvalue weighted by molar-refractivity contribution is -0.384. The monoisotopic (exact) mass is 225 g/mol. The van der Waals surface area contributed by atoms with Crippen LogP contribution < -0.4 is 11.5 Å². The van der Waals surface area contributed by atoms with Crippen LogP contribution in [-0.4, -0.2) is 22.6 Å². The zero-order valence-electron chi connectivity index (χ0n) is 8.74. The van der Waals surface area contributed by atoms with Crippen molar-refractivity contribution in [1.29, 1.82) is 0 Å². The van der Waals surface area contributed by atoms with Crippen molar-refractivity contribution in [2.75, 3.05) is 6.54 Å². The summed E-state index contributed by atoms with van der Waals surface area (Å²) in [6.07, 6.45) is -0.345. The maximum absolute atomic E-state index is 10.4. The first-order valence-electron chi connectivity index (χ1n) is 4.94. The largest absolute Gasteiger partial charge is 0.387 e. The Bertz CT molecular complexity index is 353. The van der Waals surface area contributed by atoms with Crippen LogP contribution in [0.4, 0.5) is 5.69 Å². The Kier molecular flexibility index (Phi) is 4.36. The molecule has 0 fully saturated rings. The summed E-state index contributed by atoms with van der Waals surface area (Å²) >= 11 is 0. The van der Waals surface area contributed by atoms with E-state index in [0.717, 1.165) is 0 Å². The van der Waals surface area contributed by atoms with E-state index in [9.17, 15) is 15.2 Å². The van der Waals surface area contributed by atoms with Gasteiger partial charge >= 0.3 is 0 Å². The number of hydrogen-bond acceptors (Lipinski definition) is 5. The van der Waals surface area contributed by atoms with E-state index in [4.69, 9.17) is 11.5 Å². The molecule has 6 nitrogen and oxygen atoms in total. The van der Waals surface area contributed by atoms with Crippen LogP contribution in [0.3, 0.4) is 0 Å². The molecule has 6 heteroatoms. The van der Waals surface area contributed by atoms with Gasteiger partial charge < -0.3 is 16.6 Å². The van der Waals surface area contributed by atoms with E-state index in [1.807, 2.05) is 0 Å². The molecule has 0 bridgehead atoms. The standard InChI is InChI=1S/C10H15N3O3/c11-6-5-9(12)10(14)7-1-3-8(4-2-7)13(15)16/h1-4,9-10,14H,5-6,11-12H2. The van der Waals surface area contributed by atoms with Crippen molar-refractivity contribution < 1.29 is 10.0 Å². The van der Waals surface area contributed by atoms with Gasteiger partial charge in [0.25, 0.3) is 5.69 Å². The molecule has 0 aliphatic rings. The Morgan fingerprint density at radius 3 is 2.38 bits per heavy atom. The fraction of sp³-hybridized carbons (Fsp3) is 0.400. The first-order chi connectivity index (χ1) is 7.56. The first kappa shape index (κ1) is 12.6. The first-order valence-corrected chi connectivity index (χ1v) is 4.94. The van der Waals surface area contributed by atoms with Gasteiger partial charge in [0.2, 0.25) is 0 Å². The van der Waals surface area contributed by atoms with Gasteiger partial charge in [-0.1, -0.05) is 0 Å². The minimum Gasteiger partial charge on any atom is -0.387 e. The van der Waals surface area contributed by atoms with Gasteiger partial charge in [0.15, 0.2) is 0 Å². The van der Waals surface area contributed by atoms with Gasteiger partial charge in [0.1, 0.15) is 0 Å². The molecule has 2 atom stereocenters. The molecule has 88 valence electrons. The van der Waals surface area contributed by atoms with Crippen LogP contribution in [0.25, 0.3) is 0 Å². The summed E-state index contributed by atoms with van der Waals surface area (Å²) in [5.74, 6) is 0. The summed E-state index contributed by atoms with van der Waals surface area (Å²) in [5.41, 5.74) is 11.6. The van der Waals surface area contributed by atoms with Crippen LogP contribution in [-0.2, 0) is 0 Å². The highest BCUT2D eigenvalue weighted by Crippen LogP contribution is 2.20. The second-order valence-electron chi connectivity index (χ2n) is 3.53. The normalized spacial score (nSPS) is 14.4. The van der Waals surface area contributed by atoms with Crippen LogP contribution >= 0.6 is 0 Å². The van der Waals surface area contributed by atoms with Crippen molar-refractivity contribution in [3.63, 3.8) is 0 Å². The number of non-ortho nitro benzene ring substituents is 1. The van der Waals surface area contributed by atoms with E-state index in [2.05, 4.69) is 0 Å². The van der Waals surface area contributed by atoms with Crippen LogP contribution in [0.2, 0.25) is 0 Å². The number of rotatable bonds is 5. The zero-order valence-corrected chi connectivity index (χ0v) is 8.74. The lowest BCUT2D eigenvalue weighted by Crippen LogP contribution is -2.30. The smallest absolute Gasteiger partial charge is 0.269 e. The Morgan fingerprint density at radius 1 is 1.38 bits per heavy atom. The molecule has 2 unspecified atom stereocenters. The predicted octanol–water partition coefficient (Wildman–Crippen LogP) is 0.304. The topological polar surface area (TPSA) is 115 Å². The van der Waals surface area contributed by atoms with Crippen LogP contribution in [0.1, 0.15) is 18.1 Å². The van der Waals surface area contributed by atoms with E-state index >= 15 is 0 Å². The highest BCUT2D eigenvalue weighted by molar-refractivity contribution is 5.34. The van der Waals surface area contributed by atoms with Crippen molar-refractivity contribution in [3.8, 4) is 0 Å². The lowest BCUT2D eigenvalue weighted by Gasteiger charge is -2.18. The van der Waals surface area contributed by atoms with Crippen molar-refractivity contribution in [1.82, 2.24) is 0 Å². The Balaban J connectivity index is 2.77. The van der Waals surface area contributed by atoms with E-state index in [0.29, 0.717) is 18.5 Å². The van der Waals surface area contributed by atoms with E-state index in [1.54, 1.807) is 0 Å². The number of nitrogens with two attached hydrogens (primary N) is 2. The fourth-order valence-corrected chi connectivity index (χ4v) is 1.39. The number of nitro benzene ring substituents is 1. The second kappa shape index (κ2) is 5.55. The molecular formula is C10H15N3O3. The molecule has 0 radical (unpaired) electrons. The Hall–Kier alpha value is -1.50. The Morgan fingerprint density at radius 2 is 1.94 bits per heavy atom. The molecule has 16 heavy (non-hydrogen) atoms. The molecule has 1 aromatic carbocycles. The molecule has 5 N–H and O–H groups in total. The average Bonchev–Trinajstić information content (AvgIpc) is 2.28. The second-order valence-corrected chi connectivity index (χ2v) is 3.53. The molecule has 0 aliphatic heterocycles. The van der Waals surface area contributed by atoms with Gasteiger partial charge in [0, 0.05) is 18.2 Å². The SMILES string of the molecule is NCCC(N)C(O)c1ccc([N+](=O)[O-])cc1. The van der Waals surface area contributed by atoms with Gasteiger partial charge in [0.05, 0.1) is 11.0 Å². The van der Waals surface area contributed by atoms with Crippen LogP contribution in [0, 0.1) is 10.1 Å². The van der Waals surface area contributed by atoms with Crippen molar-refractivity contribution in [2.45, 2.75) is 18.6 Å². The van der Waals surface area contributed by atoms with E-state index < -0.39 is 17.1 Å². The highest BCUT2D eigenvalue weighted by atomic mass is 16.6. The summed E-state index contributed by atoms with van der Waals surface area (Å²) < 4.78 is 0. The third-order valence-corrected chi connectivity index (χ3v) is 2.35. The number of hydrogen-bond donors (Lipinski definition) is 3. The number of aliphatic hydroxyl groups excluding tert-OH is 1. The molecule has 0 saturated carbocycles. The summed E-state index contributed by atoms with van der Waals surface area (Å²) in [7, 11) is 0. The molecule has 0 aliphatic carbocycles. The summed E-state index contributed by atoms with van der Waals surface area (Å²) in [6, 6.07) is 5.23. The van der Waals surface area contributed by atoms with Crippen molar-refractivity contribution in [2.24, 2.45) is 11.5 Å². The molecular weight excluding hydrogens is 210 g/mol. The average molecular weight is 225 g/mol. The van der Waals surface area contributed by atoms with Crippen molar-refractivity contribution in [3.05, 3.63) is 39.9 Å². The minimum absolute atomic E-state index is 0.0108. The molecule has 0 spiro atoms. The highest BCUT2D eigenvalue weighted by Gasteiger charge is 2.16. The third-order valence-electron chi connectivity index (χ3n) is 2.35. The van der Waals surface area contributed by atoms with E-state index in [1.165, 1.54) is 24.3 Å². The van der Waals surface area contributed by atoms with E-state index in [-0.39, 0.29) is 5.69 Å². The molecule has 0 heterocycles. The molecule has 0 aromatic heterocycles. The molecule has 1 aromatic rings. The minimum atomic E-state index is -0.843. The van der Waals surface area contributed by atoms with Gasteiger partial charge in [-0.15, -0.1) is 0 Å². The van der Waals surface area contributed by atoms with Crippen LogP contribution in [0.15, 0.2) is 24.3 Å². The summed E-state index contributed by atoms with van der Waals surface area (Å²) in [5, 5.41) is 20.2. The maximum Gasteiger partial charge on any atom is 0.269 e. The quantitative estimate of drug-likeness (QED) is 0.492. The van der Waals surface area contributed by atoms with Gasteiger partial charge in [-0.25, -0.2) is 0 Å². The van der Waals surface area contributed by atoms with Gasteiger partial charge in [-0.3, -0.25) is 10.1 Å². The third kappa shape index (κ3) is 2.99. The lowest BCUT2D eigenvalue weighted by atomic mass is 10.0. The number of benzene rings is 1. The fourth-order valence-electron chi connectivity index (χ4n) is 1.39. The summed E-state index contributed by atoms with van der Waals surface area (Å²) in [6.45, 7) is 0.394. The maximum atomic E-state index is 10.4. The number of nitrogens with zero attached hydrogens (tertiary/aromatic N) is 1. The zero-order chi connectivity index (χ0) is 12.1. The summed E-state index contributed by atoms with van der Waals surface area (Å²) in [4.78, 5) is 9.93. The number of nitro groups is 1. The molecule has 0 amide bonds.